The van der Waals surface area contributed by atoms with Crippen molar-refractivity contribution in [1.29, 1.82) is 0 Å². The summed E-state index contributed by atoms with van der Waals surface area (Å²) in [5.41, 5.74) is 3.98. The molecule has 1 fully saturated rings. The first kappa shape index (κ1) is 29.3. The molecule has 2 heterocycles. The standard InChI is InChI=1S/C26H29ClN4O8S/c1-26(2,25(34)35)12-20(32)29-19-11-15(27)10-18-21(19)30-22(24(28)33)23(18)40(36,37)31-8-9-38-17(13-31)14-39-16-6-4-3-5-7-16/h3-7,10-11,17,30H,8-9,12-14H2,1-2H3,(H2,28,33)(H,29,32)(H,34,35)/t17-/m0/s1. The van der Waals surface area contributed by atoms with Gasteiger partial charge in [-0.3, -0.25) is 14.4 Å². The van der Waals surface area contributed by atoms with Crippen LogP contribution < -0.4 is 15.8 Å². The van der Waals surface area contributed by atoms with Crippen LogP contribution in [0.5, 0.6) is 5.75 Å². The minimum atomic E-state index is -4.32. The lowest BCUT2D eigenvalue weighted by molar-refractivity contribution is -0.148. The Balaban J connectivity index is 1.67. The van der Waals surface area contributed by atoms with E-state index in [4.69, 9.17) is 26.8 Å². The first-order valence-corrected chi connectivity index (χ1v) is 14.1. The molecule has 0 radical (unpaired) electrons. The second-order valence-electron chi connectivity index (χ2n) is 9.96. The molecule has 1 atom stereocenters. The number of halogens is 1. The van der Waals surface area contributed by atoms with E-state index in [2.05, 4.69) is 10.3 Å². The molecule has 214 valence electrons. The molecule has 0 saturated carbocycles. The molecule has 1 aliphatic rings. The van der Waals surface area contributed by atoms with Gasteiger partial charge in [0, 0.05) is 29.9 Å². The number of nitrogens with two attached hydrogens (primary N) is 1. The number of H-pyrrole nitrogens is 1. The van der Waals surface area contributed by atoms with Crippen molar-refractivity contribution in [2.24, 2.45) is 11.1 Å². The lowest BCUT2D eigenvalue weighted by Gasteiger charge is -2.32. The van der Waals surface area contributed by atoms with Gasteiger partial charge in [0.25, 0.3) is 5.91 Å². The lowest BCUT2D eigenvalue weighted by atomic mass is 9.89. The number of nitrogens with one attached hydrogen (secondary N) is 2. The lowest BCUT2D eigenvalue weighted by Crippen LogP contribution is -2.47. The molecule has 2 amide bonds. The number of carbonyl (C=O) groups excluding carboxylic acids is 2. The Bertz CT molecular complexity index is 1560. The number of para-hydroxylation sites is 1. The van der Waals surface area contributed by atoms with E-state index in [1.807, 2.05) is 18.2 Å². The highest BCUT2D eigenvalue weighted by atomic mass is 35.5. The number of rotatable bonds is 10. The zero-order valence-corrected chi connectivity index (χ0v) is 23.3. The van der Waals surface area contributed by atoms with E-state index in [0.717, 1.165) is 0 Å². The van der Waals surface area contributed by atoms with Gasteiger partial charge in [0.05, 0.1) is 23.2 Å². The summed E-state index contributed by atoms with van der Waals surface area (Å²) in [6.07, 6.45) is -0.951. The van der Waals surface area contributed by atoms with Gasteiger partial charge in [-0.05, 0) is 38.1 Å². The van der Waals surface area contributed by atoms with Crippen molar-refractivity contribution in [3.05, 3.63) is 53.2 Å². The van der Waals surface area contributed by atoms with Crippen LogP contribution in [0, 0.1) is 5.41 Å². The number of sulfonamides is 1. The maximum Gasteiger partial charge on any atom is 0.309 e. The quantitative estimate of drug-likeness (QED) is 0.277. The summed E-state index contributed by atoms with van der Waals surface area (Å²) in [6.45, 7) is 2.96. The Kier molecular flexibility index (Phi) is 8.40. The van der Waals surface area contributed by atoms with Crippen LogP contribution in [-0.4, -0.2) is 73.0 Å². The van der Waals surface area contributed by atoms with Gasteiger partial charge in [-0.15, -0.1) is 0 Å². The Labute approximate surface area is 235 Å². The molecule has 0 spiro atoms. The summed E-state index contributed by atoms with van der Waals surface area (Å²) < 4.78 is 40.5. The number of morpholine rings is 1. The summed E-state index contributed by atoms with van der Waals surface area (Å²) in [5.74, 6) is -2.24. The molecule has 0 bridgehead atoms. The van der Waals surface area contributed by atoms with Crippen LogP contribution in [-0.2, 0) is 24.3 Å². The van der Waals surface area contributed by atoms with E-state index in [1.54, 1.807) is 12.1 Å². The molecule has 4 rings (SSSR count). The van der Waals surface area contributed by atoms with Crippen LogP contribution in [0.15, 0.2) is 47.4 Å². The highest BCUT2D eigenvalue weighted by Crippen LogP contribution is 2.37. The van der Waals surface area contributed by atoms with Crippen molar-refractivity contribution in [2.45, 2.75) is 31.3 Å². The maximum atomic E-state index is 13.9. The Morgan fingerprint density at radius 2 is 1.95 bits per heavy atom. The van der Waals surface area contributed by atoms with Crippen molar-refractivity contribution in [3.8, 4) is 5.75 Å². The Morgan fingerprint density at radius 1 is 1.25 bits per heavy atom. The van der Waals surface area contributed by atoms with Crippen molar-refractivity contribution >= 4 is 56.0 Å². The number of fused-ring (bicyclic) bond motifs is 1. The molecule has 2 aromatic carbocycles. The molecule has 12 nitrogen and oxygen atoms in total. The fourth-order valence-electron chi connectivity index (χ4n) is 4.29. The minimum absolute atomic E-state index is 0.0173. The van der Waals surface area contributed by atoms with Gasteiger partial charge in [-0.1, -0.05) is 29.8 Å². The number of hydrogen-bond acceptors (Lipinski definition) is 7. The molecule has 1 aromatic heterocycles. The molecule has 1 saturated heterocycles. The summed E-state index contributed by atoms with van der Waals surface area (Å²) in [5, 5.41) is 12.0. The molecule has 3 aromatic rings. The fraction of sp³-hybridized carbons (Fsp3) is 0.346. The van der Waals surface area contributed by atoms with Crippen LogP contribution in [0.4, 0.5) is 5.69 Å². The predicted molar refractivity (Wildman–Crippen MR) is 147 cm³/mol. The number of anilines is 1. The monoisotopic (exact) mass is 592 g/mol. The SMILES string of the molecule is CC(C)(CC(=O)Nc1cc(Cl)cc2c(S(=O)(=O)N3CCO[C@H](COc4ccccc4)C3)c(C(N)=O)[nH]c12)C(=O)O. The fourth-order valence-corrected chi connectivity index (χ4v) is 6.30. The average molecular weight is 593 g/mol. The average Bonchev–Trinajstić information content (AvgIpc) is 3.28. The molecule has 1 aliphatic heterocycles. The van der Waals surface area contributed by atoms with E-state index >= 15 is 0 Å². The van der Waals surface area contributed by atoms with Gasteiger partial charge >= 0.3 is 5.97 Å². The van der Waals surface area contributed by atoms with Gasteiger partial charge in [0.2, 0.25) is 15.9 Å². The van der Waals surface area contributed by atoms with Gasteiger partial charge in [0.15, 0.2) is 0 Å². The number of primary amides is 1. The first-order chi connectivity index (χ1) is 18.8. The summed E-state index contributed by atoms with van der Waals surface area (Å²) >= 11 is 6.29. The summed E-state index contributed by atoms with van der Waals surface area (Å²) in [6, 6.07) is 11.7. The maximum absolute atomic E-state index is 13.9. The number of ether oxygens (including phenoxy) is 2. The molecule has 5 N–H and O–H groups in total. The summed E-state index contributed by atoms with van der Waals surface area (Å²) in [7, 11) is -4.32. The highest BCUT2D eigenvalue weighted by Gasteiger charge is 2.37. The van der Waals surface area contributed by atoms with Gasteiger partial charge in [-0.2, -0.15) is 4.31 Å². The van der Waals surface area contributed by atoms with E-state index in [9.17, 15) is 27.9 Å². The number of aromatic amines is 1. The number of nitrogens with zero attached hydrogens (tertiary/aromatic N) is 1. The van der Waals surface area contributed by atoms with Crippen LogP contribution in [0.3, 0.4) is 0 Å². The number of hydrogen-bond donors (Lipinski definition) is 4. The van der Waals surface area contributed by atoms with Crippen molar-refractivity contribution in [1.82, 2.24) is 9.29 Å². The van der Waals surface area contributed by atoms with Gasteiger partial charge in [-0.25, -0.2) is 8.42 Å². The molecule has 14 heteroatoms. The van der Waals surface area contributed by atoms with E-state index in [0.29, 0.717) is 5.75 Å². The highest BCUT2D eigenvalue weighted by molar-refractivity contribution is 7.89. The normalized spacial score (nSPS) is 16.5. The Hall–Kier alpha value is -3.65. The molecular formula is C26H29ClN4O8S. The number of carbonyl (C=O) groups is 3. The first-order valence-electron chi connectivity index (χ1n) is 12.3. The van der Waals surface area contributed by atoms with Gasteiger partial charge < -0.3 is 30.6 Å². The molecule has 40 heavy (non-hydrogen) atoms. The Morgan fingerprint density at radius 3 is 2.60 bits per heavy atom. The van der Waals surface area contributed by atoms with E-state index < -0.39 is 39.3 Å². The van der Waals surface area contributed by atoms with Crippen molar-refractivity contribution in [2.75, 3.05) is 31.6 Å². The van der Waals surface area contributed by atoms with Crippen molar-refractivity contribution in [3.63, 3.8) is 0 Å². The van der Waals surface area contributed by atoms with Gasteiger partial charge in [0.1, 0.15) is 29.0 Å². The third-order valence-electron chi connectivity index (χ3n) is 6.41. The van der Waals surface area contributed by atoms with Crippen LogP contribution in [0.25, 0.3) is 10.9 Å². The van der Waals surface area contributed by atoms with E-state index in [1.165, 1.54) is 30.3 Å². The molecular weight excluding hydrogens is 564 g/mol. The second kappa shape index (κ2) is 11.5. The topological polar surface area (TPSA) is 181 Å². The smallest absolute Gasteiger partial charge is 0.309 e. The number of carboxylic acids is 1. The predicted octanol–water partition coefficient (Wildman–Crippen LogP) is 2.83. The number of aromatic nitrogens is 1. The van der Waals surface area contributed by atoms with Crippen molar-refractivity contribution < 1.29 is 37.4 Å². The van der Waals surface area contributed by atoms with E-state index in [-0.39, 0.29) is 64.9 Å². The third-order valence-corrected chi connectivity index (χ3v) is 8.57. The number of carboxylic acid groups (broad SMARTS) is 1. The number of aliphatic carboxylic acids is 1. The number of benzene rings is 2. The molecule has 0 aliphatic carbocycles. The zero-order valence-electron chi connectivity index (χ0n) is 21.8. The largest absolute Gasteiger partial charge is 0.491 e. The van der Waals surface area contributed by atoms with Crippen LogP contribution in [0.2, 0.25) is 5.02 Å². The summed E-state index contributed by atoms with van der Waals surface area (Å²) in [4.78, 5) is 38.9. The second-order valence-corrected chi connectivity index (χ2v) is 12.3. The third kappa shape index (κ3) is 6.22. The molecule has 0 unspecified atom stereocenters. The van der Waals surface area contributed by atoms with Crippen LogP contribution in [0.1, 0.15) is 30.8 Å². The number of amides is 2. The minimum Gasteiger partial charge on any atom is -0.491 e. The zero-order chi connectivity index (χ0) is 29.2. The van der Waals surface area contributed by atoms with Crippen LogP contribution >= 0.6 is 11.6 Å².